The van der Waals surface area contributed by atoms with E-state index in [2.05, 4.69) is 10.3 Å². The lowest BCUT2D eigenvalue weighted by atomic mass is 10.1. The van der Waals surface area contributed by atoms with E-state index in [1.54, 1.807) is 30.3 Å². The van der Waals surface area contributed by atoms with Gasteiger partial charge in [-0.2, -0.15) is 0 Å². The Morgan fingerprint density at radius 2 is 1.70 bits per heavy atom. The largest absolute Gasteiger partial charge is 0.476 e. The van der Waals surface area contributed by atoms with Gasteiger partial charge in [-0.05, 0) is 24.3 Å². The van der Waals surface area contributed by atoms with Gasteiger partial charge < -0.3 is 5.11 Å². The van der Waals surface area contributed by atoms with Crippen LogP contribution in [0.2, 0.25) is 0 Å². The van der Waals surface area contributed by atoms with Crippen molar-refractivity contribution in [3.8, 4) is 16.9 Å². The Kier molecular flexibility index (Phi) is 3.57. The Bertz CT molecular complexity index is 894. The smallest absolute Gasteiger partial charge is 0.358 e. The third kappa shape index (κ3) is 2.44. The first-order chi connectivity index (χ1) is 11.0. The molecule has 0 fully saturated rings. The number of carboxylic acids is 1. The summed E-state index contributed by atoms with van der Waals surface area (Å²) in [6, 6.07) is 9.85. The van der Waals surface area contributed by atoms with Crippen molar-refractivity contribution in [2.75, 3.05) is 0 Å². The Hall–Kier alpha value is -3.16. The number of carbonyl (C=O) groups is 1. The lowest BCUT2D eigenvalue weighted by Gasteiger charge is -2.09. The second-order valence-corrected chi connectivity index (χ2v) is 4.56. The van der Waals surface area contributed by atoms with E-state index < -0.39 is 34.7 Å². The molecule has 1 heterocycles. The molecule has 1 aromatic heterocycles. The van der Waals surface area contributed by atoms with Crippen LogP contribution in [-0.2, 0) is 0 Å². The number of benzene rings is 2. The number of hydrogen-bond acceptors (Lipinski definition) is 3. The van der Waals surface area contributed by atoms with Crippen LogP contribution in [0.1, 0.15) is 10.5 Å². The van der Waals surface area contributed by atoms with Crippen molar-refractivity contribution in [1.29, 1.82) is 0 Å². The minimum Gasteiger partial charge on any atom is -0.476 e. The van der Waals surface area contributed by atoms with Crippen molar-refractivity contribution in [2.45, 2.75) is 0 Å². The highest BCUT2D eigenvalue weighted by atomic mass is 19.2. The summed E-state index contributed by atoms with van der Waals surface area (Å²) in [5.74, 6) is -6.04. The summed E-state index contributed by atoms with van der Waals surface area (Å²) in [5.41, 5.74) is -0.902. The number of nitrogens with zero attached hydrogens (tertiary/aromatic N) is 3. The highest BCUT2D eigenvalue weighted by Gasteiger charge is 2.26. The molecule has 3 rings (SSSR count). The van der Waals surface area contributed by atoms with E-state index >= 15 is 0 Å². The summed E-state index contributed by atoms with van der Waals surface area (Å²) in [6.07, 6.45) is 0. The van der Waals surface area contributed by atoms with Crippen LogP contribution in [0.3, 0.4) is 0 Å². The summed E-state index contributed by atoms with van der Waals surface area (Å²) in [4.78, 5) is 11.3. The van der Waals surface area contributed by atoms with E-state index in [0.29, 0.717) is 11.8 Å². The van der Waals surface area contributed by atoms with E-state index in [9.17, 15) is 23.1 Å². The molecule has 0 aliphatic rings. The molecule has 0 atom stereocenters. The van der Waals surface area contributed by atoms with Gasteiger partial charge in [0.15, 0.2) is 23.1 Å². The van der Waals surface area contributed by atoms with Crippen LogP contribution in [0.4, 0.5) is 13.2 Å². The van der Waals surface area contributed by atoms with Gasteiger partial charge in [-0.3, -0.25) is 0 Å². The molecule has 0 unspecified atom stereocenters. The number of aromatic carboxylic acids is 1. The number of para-hydroxylation sites is 1. The summed E-state index contributed by atoms with van der Waals surface area (Å²) < 4.78 is 41.8. The topological polar surface area (TPSA) is 68.0 Å². The minimum atomic E-state index is -1.69. The number of halogens is 3. The molecule has 1 N–H and O–H groups in total. The van der Waals surface area contributed by atoms with Gasteiger partial charge in [0, 0.05) is 5.56 Å². The standard InChI is InChI=1S/C15H8F3N3O2/c16-10-7-6-9(11(17)12(10)18)14-13(15(22)23)19-20-21(14)8-4-2-1-3-5-8/h1-7H,(H,22,23). The van der Waals surface area contributed by atoms with Crippen molar-refractivity contribution < 1.29 is 23.1 Å². The molecule has 0 aliphatic carbocycles. The van der Waals surface area contributed by atoms with Gasteiger partial charge in [-0.1, -0.05) is 23.4 Å². The monoisotopic (exact) mass is 319 g/mol. The molecule has 0 amide bonds. The fourth-order valence-corrected chi connectivity index (χ4v) is 2.13. The number of carboxylic acid groups (broad SMARTS) is 1. The van der Waals surface area contributed by atoms with E-state index in [1.165, 1.54) is 0 Å². The third-order valence-corrected chi connectivity index (χ3v) is 3.16. The fourth-order valence-electron chi connectivity index (χ4n) is 2.13. The third-order valence-electron chi connectivity index (χ3n) is 3.16. The number of hydrogen-bond donors (Lipinski definition) is 1. The highest BCUT2D eigenvalue weighted by Crippen LogP contribution is 2.29. The zero-order valence-corrected chi connectivity index (χ0v) is 11.4. The van der Waals surface area contributed by atoms with Crippen molar-refractivity contribution >= 4 is 5.97 Å². The molecule has 116 valence electrons. The number of rotatable bonds is 3. The quantitative estimate of drug-likeness (QED) is 0.753. The van der Waals surface area contributed by atoms with Crippen LogP contribution in [0.5, 0.6) is 0 Å². The van der Waals surface area contributed by atoms with Crippen LogP contribution < -0.4 is 0 Å². The van der Waals surface area contributed by atoms with Crippen LogP contribution >= 0.6 is 0 Å². The molecule has 5 nitrogen and oxygen atoms in total. The van der Waals surface area contributed by atoms with Crippen molar-refractivity contribution in [3.05, 3.63) is 65.6 Å². The maximum absolute atomic E-state index is 14.1. The van der Waals surface area contributed by atoms with E-state index in [0.717, 1.165) is 10.7 Å². The fraction of sp³-hybridized carbons (Fsp3) is 0. The second-order valence-electron chi connectivity index (χ2n) is 4.56. The van der Waals surface area contributed by atoms with Gasteiger partial charge in [0.2, 0.25) is 0 Å². The molecule has 0 saturated carbocycles. The predicted octanol–water partition coefficient (Wildman–Crippen LogP) is 3.05. The Morgan fingerprint density at radius 3 is 2.35 bits per heavy atom. The maximum atomic E-state index is 14.1. The zero-order valence-electron chi connectivity index (χ0n) is 11.4. The summed E-state index contributed by atoms with van der Waals surface area (Å²) >= 11 is 0. The number of aromatic nitrogens is 3. The molecule has 2 aromatic carbocycles. The molecule has 3 aromatic rings. The Morgan fingerprint density at radius 1 is 1.00 bits per heavy atom. The first-order valence-electron chi connectivity index (χ1n) is 6.39. The molecule has 0 spiro atoms. The summed E-state index contributed by atoms with van der Waals surface area (Å²) in [6.45, 7) is 0. The Balaban J connectivity index is 2.32. The van der Waals surface area contributed by atoms with Gasteiger partial charge in [0.1, 0.15) is 5.69 Å². The van der Waals surface area contributed by atoms with Crippen LogP contribution in [-0.4, -0.2) is 26.1 Å². The van der Waals surface area contributed by atoms with Crippen molar-refractivity contribution in [1.82, 2.24) is 15.0 Å². The summed E-state index contributed by atoms with van der Waals surface area (Å²) in [5, 5.41) is 16.4. The zero-order chi connectivity index (χ0) is 16.6. The predicted molar refractivity (Wildman–Crippen MR) is 73.6 cm³/mol. The van der Waals surface area contributed by atoms with Crippen LogP contribution in [0, 0.1) is 17.5 Å². The lowest BCUT2D eigenvalue weighted by molar-refractivity contribution is 0.0691. The second kappa shape index (κ2) is 5.56. The van der Waals surface area contributed by atoms with E-state index in [4.69, 9.17) is 0 Å². The van der Waals surface area contributed by atoms with Crippen molar-refractivity contribution in [2.24, 2.45) is 0 Å². The molecule has 0 aliphatic heterocycles. The normalized spacial score (nSPS) is 10.7. The van der Waals surface area contributed by atoms with E-state index in [-0.39, 0.29) is 5.69 Å². The highest BCUT2D eigenvalue weighted by molar-refractivity contribution is 5.93. The summed E-state index contributed by atoms with van der Waals surface area (Å²) in [7, 11) is 0. The van der Waals surface area contributed by atoms with Crippen molar-refractivity contribution in [3.63, 3.8) is 0 Å². The molecular weight excluding hydrogens is 311 g/mol. The molecule has 0 bridgehead atoms. The SMILES string of the molecule is O=C(O)c1nnn(-c2ccccc2)c1-c1ccc(F)c(F)c1F. The van der Waals surface area contributed by atoms with Gasteiger partial charge in [-0.25, -0.2) is 22.6 Å². The van der Waals surface area contributed by atoms with E-state index in [1.807, 2.05) is 0 Å². The van der Waals surface area contributed by atoms with Crippen LogP contribution in [0.25, 0.3) is 16.9 Å². The van der Waals surface area contributed by atoms with Gasteiger partial charge in [0.25, 0.3) is 0 Å². The van der Waals surface area contributed by atoms with Gasteiger partial charge in [-0.15, -0.1) is 5.10 Å². The first-order valence-corrected chi connectivity index (χ1v) is 6.39. The minimum absolute atomic E-state index is 0.278. The van der Waals surface area contributed by atoms with Gasteiger partial charge in [0.05, 0.1) is 5.69 Å². The first kappa shape index (κ1) is 14.8. The molecule has 0 radical (unpaired) electrons. The molecule has 23 heavy (non-hydrogen) atoms. The maximum Gasteiger partial charge on any atom is 0.358 e. The lowest BCUT2D eigenvalue weighted by Crippen LogP contribution is -2.06. The molecule has 0 saturated heterocycles. The van der Waals surface area contributed by atoms with Crippen LogP contribution in [0.15, 0.2) is 42.5 Å². The molecule has 8 heteroatoms. The molecular formula is C15H8F3N3O2. The average molecular weight is 319 g/mol. The Labute approximate surface area is 127 Å². The van der Waals surface area contributed by atoms with Gasteiger partial charge >= 0.3 is 5.97 Å². The average Bonchev–Trinajstić information content (AvgIpc) is 2.98.